The van der Waals surface area contributed by atoms with Gasteiger partial charge < -0.3 is 9.88 Å². The predicted octanol–water partition coefficient (Wildman–Crippen LogP) is 4.28. The molecule has 0 saturated heterocycles. The highest BCUT2D eigenvalue weighted by molar-refractivity contribution is 6.04. The summed E-state index contributed by atoms with van der Waals surface area (Å²) in [6.07, 6.45) is 8.34. The van der Waals surface area contributed by atoms with Gasteiger partial charge in [-0.3, -0.25) is 9.78 Å². The minimum Gasteiger partial charge on any atom is -0.343 e. The number of benzene rings is 1. The van der Waals surface area contributed by atoms with Gasteiger partial charge >= 0.3 is 0 Å². The molecule has 0 bridgehead atoms. The van der Waals surface area contributed by atoms with E-state index in [0.717, 1.165) is 23.7 Å². The molecule has 0 atom stereocenters. The highest BCUT2D eigenvalue weighted by Gasteiger charge is 2.20. The van der Waals surface area contributed by atoms with Gasteiger partial charge in [0, 0.05) is 35.0 Å². The maximum absolute atomic E-state index is 12.3. The maximum Gasteiger partial charge on any atom is 0.274 e. The first kappa shape index (κ1) is 15.4. The van der Waals surface area contributed by atoms with Gasteiger partial charge in [-0.25, -0.2) is 0 Å². The lowest BCUT2D eigenvalue weighted by atomic mass is 10.1. The third kappa shape index (κ3) is 2.87. The molecule has 2 aromatic heterocycles. The zero-order chi connectivity index (χ0) is 17.2. The fourth-order valence-electron chi connectivity index (χ4n) is 3.60. The van der Waals surface area contributed by atoms with Crippen LogP contribution < -0.4 is 5.32 Å². The molecule has 124 valence electrons. The van der Waals surface area contributed by atoms with Gasteiger partial charge in [-0.15, -0.1) is 0 Å². The van der Waals surface area contributed by atoms with Crippen LogP contribution in [0.3, 0.4) is 0 Å². The van der Waals surface area contributed by atoms with Crippen molar-refractivity contribution in [2.24, 2.45) is 0 Å². The summed E-state index contributed by atoms with van der Waals surface area (Å²) in [7, 11) is 0. The highest BCUT2D eigenvalue weighted by atomic mass is 16.1. The fraction of sp³-hybridized carbons (Fsp3) is 0.250. The lowest BCUT2D eigenvalue weighted by molar-refractivity contribution is 0.102. The number of fused-ring (bicyclic) bond motifs is 1. The van der Waals surface area contributed by atoms with Crippen LogP contribution in [0.15, 0.2) is 48.8 Å². The number of pyridine rings is 1. The summed E-state index contributed by atoms with van der Waals surface area (Å²) in [4.78, 5) is 16.3. The number of hydrogen-bond acceptors (Lipinski definition) is 3. The number of nitriles is 1. The Morgan fingerprint density at radius 2 is 2.08 bits per heavy atom. The second kappa shape index (κ2) is 6.40. The number of nitrogens with one attached hydrogen (secondary N) is 1. The number of amides is 1. The Morgan fingerprint density at radius 1 is 1.24 bits per heavy atom. The Balaban J connectivity index is 1.68. The largest absolute Gasteiger partial charge is 0.343 e. The summed E-state index contributed by atoms with van der Waals surface area (Å²) < 4.78 is 2.23. The molecule has 5 heteroatoms. The molecule has 1 aromatic carbocycles. The Kier molecular flexibility index (Phi) is 3.95. The molecule has 2 heterocycles. The van der Waals surface area contributed by atoms with Gasteiger partial charge in [0.25, 0.3) is 5.91 Å². The molecule has 25 heavy (non-hydrogen) atoms. The minimum atomic E-state index is -0.256. The van der Waals surface area contributed by atoms with E-state index in [1.807, 2.05) is 24.4 Å². The van der Waals surface area contributed by atoms with E-state index in [0.29, 0.717) is 23.0 Å². The lowest BCUT2D eigenvalue weighted by Crippen LogP contribution is -2.13. The van der Waals surface area contributed by atoms with Crippen LogP contribution in [0.1, 0.15) is 47.8 Å². The third-order valence-electron chi connectivity index (χ3n) is 4.83. The molecule has 1 amide bonds. The Morgan fingerprint density at radius 3 is 2.80 bits per heavy atom. The van der Waals surface area contributed by atoms with E-state index >= 15 is 0 Å². The maximum atomic E-state index is 12.3. The predicted molar refractivity (Wildman–Crippen MR) is 96.3 cm³/mol. The van der Waals surface area contributed by atoms with Crippen molar-refractivity contribution in [2.45, 2.75) is 31.7 Å². The van der Waals surface area contributed by atoms with Gasteiger partial charge in [-0.2, -0.15) is 5.26 Å². The number of carbonyl (C=O) groups excluding carboxylic acids is 1. The summed E-state index contributed by atoms with van der Waals surface area (Å²) in [5.41, 5.74) is 2.74. The fourth-order valence-corrected chi connectivity index (χ4v) is 3.60. The molecule has 4 rings (SSSR count). The van der Waals surface area contributed by atoms with Crippen LogP contribution in [0.5, 0.6) is 0 Å². The standard InChI is InChI=1S/C20H18N4O/c21-12-14-13-24(16-5-1-2-6-16)19-9-8-15(11-17(14)19)23-20(25)18-7-3-4-10-22-18/h3-4,7-11,13,16H,1-2,5-6H2,(H,23,25). The SMILES string of the molecule is N#Cc1cn(C2CCCC2)c2ccc(NC(=O)c3ccccn3)cc12. The first-order valence-electron chi connectivity index (χ1n) is 8.53. The molecule has 0 spiro atoms. The van der Waals surface area contributed by atoms with E-state index in [-0.39, 0.29) is 5.91 Å². The van der Waals surface area contributed by atoms with Crippen molar-refractivity contribution in [3.63, 3.8) is 0 Å². The Labute approximate surface area is 145 Å². The van der Waals surface area contributed by atoms with Crippen molar-refractivity contribution in [3.05, 3.63) is 60.0 Å². The van der Waals surface area contributed by atoms with Gasteiger partial charge in [-0.1, -0.05) is 18.9 Å². The number of anilines is 1. The van der Waals surface area contributed by atoms with Crippen molar-refractivity contribution < 1.29 is 4.79 Å². The summed E-state index contributed by atoms with van der Waals surface area (Å²) >= 11 is 0. The molecule has 1 saturated carbocycles. The van der Waals surface area contributed by atoms with E-state index in [9.17, 15) is 10.1 Å². The molecule has 1 aliphatic rings. The van der Waals surface area contributed by atoms with Crippen LogP contribution in [0.2, 0.25) is 0 Å². The van der Waals surface area contributed by atoms with E-state index in [1.165, 1.54) is 12.8 Å². The second-order valence-electron chi connectivity index (χ2n) is 6.40. The van der Waals surface area contributed by atoms with E-state index in [4.69, 9.17) is 0 Å². The van der Waals surface area contributed by atoms with E-state index in [2.05, 4.69) is 20.9 Å². The van der Waals surface area contributed by atoms with Crippen LogP contribution in [0.4, 0.5) is 5.69 Å². The van der Waals surface area contributed by atoms with E-state index in [1.54, 1.807) is 24.4 Å². The van der Waals surface area contributed by atoms with Gasteiger partial charge in [-0.05, 0) is 43.2 Å². The zero-order valence-corrected chi connectivity index (χ0v) is 13.8. The summed E-state index contributed by atoms with van der Waals surface area (Å²) in [5, 5.41) is 13.2. The molecule has 0 aliphatic heterocycles. The first-order valence-corrected chi connectivity index (χ1v) is 8.53. The molecule has 5 nitrogen and oxygen atoms in total. The molecular formula is C20H18N4O. The average Bonchev–Trinajstić information content (AvgIpc) is 3.29. The van der Waals surface area contributed by atoms with Crippen molar-refractivity contribution in [1.82, 2.24) is 9.55 Å². The van der Waals surface area contributed by atoms with Crippen LogP contribution in [-0.2, 0) is 0 Å². The molecule has 1 aliphatic carbocycles. The van der Waals surface area contributed by atoms with Crippen LogP contribution in [0.25, 0.3) is 10.9 Å². The smallest absolute Gasteiger partial charge is 0.274 e. The van der Waals surface area contributed by atoms with Crippen molar-refractivity contribution in [3.8, 4) is 6.07 Å². The van der Waals surface area contributed by atoms with Crippen LogP contribution in [0, 0.1) is 11.3 Å². The third-order valence-corrected chi connectivity index (χ3v) is 4.83. The quantitative estimate of drug-likeness (QED) is 0.779. The van der Waals surface area contributed by atoms with E-state index < -0.39 is 0 Å². The topological polar surface area (TPSA) is 70.7 Å². The molecular weight excluding hydrogens is 312 g/mol. The first-order chi connectivity index (χ1) is 12.3. The summed E-state index contributed by atoms with van der Waals surface area (Å²) in [6, 6.07) is 13.7. The molecule has 3 aromatic rings. The average molecular weight is 330 g/mol. The molecule has 1 fully saturated rings. The van der Waals surface area contributed by atoms with Crippen molar-refractivity contribution >= 4 is 22.5 Å². The van der Waals surface area contributed by atoms with Crippen LogP contribution in [-0.4, -0.2) is 15.5 Å². The zero-order valence-electron chi connectivity index (χ0n) is 13.8. The minimum absolute atomic E-state index is 0.256. The Hall–Kier alpha value is -3.13. The number of hydrogen-bond donors (Lipinski definition) is 1. The second-order valence-corrected chi connectivity index (χ2v) is 6.40. The van der Waals surface area contributed by atoms with Crippen molar-refractivity contribution in [1.29, 1.82) is 5.26 Å². The molecule has 1 N–H and O–H groups in total. The summed E-state index contributed by atoms with van der Waals surface area (Å²) in [5.74, 6) is -0.256. The highest BCUT2D eigenvalue weighted by Crippen LogP contribution is 2.35. The summed E-state index contributed by atoms with van der Waals surface area (Å²) in [6.45, 7) is 0. The van der Waals surface area contributed by atoms with Gasteiger partial charge in [0.15, 0.2) is 0 Å². The normalized spacial score (nSPS) is 14.5. The number of nitrogens with zero attached hydrogens (tertiary/aromatic N) is 3. The monoisotopic (exact) mass is 330 g/mol. The molecule has 0 radical (unpaired) electrons. The van der Waals surface area contributed by atoms with Crippen LogP contribution >= 0.6 is 0 Å². The van der Waals surface area contributed by atoms with Gasteiger partial charge in [0.05, 0.1) is 5.56 Å². The Bertz CT molecular complexity index is 963. The number of carbonyl (C=O) groups is 1. The lowest BCUT2D eigenvalue weighted by Gasteiger charge is -2.13. The molecule has 0 unspecified atom stereocenters. The van der Waals surface area contributed by atoms with Gasteiger partial charge in [0.1, 0.15) is 11.8 Å². The van der Waals surface area contributed by atoms with Crippen molar-refractivity contribution in [2.75, 3.05) is 5.32 Å². The van der Waals surface area contributed by atoms with Gasteiger partial charge in [0.2, 0.25) is 0 Å². The number of aromatic nitrogens is 2. The number of rotatable bonds is 3.